The number of halogens is 1. The van der Waals surface area contributed by atoms with Gasteiger partial charge in [-0.3, -0.25) is 9.48 Å². The van der Waals surface area contributed by atoms with Crippen LogP contribution in [0, 0.1) is 0 Å². The highest BCUT2D eigenvalue weighted by molar-refractivity contribution is 6.32. The maximum Gasteiger partial charge on any atom is 0.156 e. The molecule has 0 bridgehead atoms. The fraction of sp³-hybridized carbons (Fsp3) is 0.300. The molecular weight excluding hydrogens is 256 g/mol. The summed E-state index contributed by atoms with van der Waals surface area (Å²) < 4.78 is 1.63. The van der Waals surface area contributed by atoms with Crippen LogP contribution in [0.3, 0.4) is 0 Å². The fourth-order valence-electron chi connectivity index (χ4n) is 1.41. The van der Waals surface area contributed by atoms with Gasteiger partial charge in [0.25, 0.3) is 0 Å². The normalized spacial score (nSPS) is 10.3. The molecule has 0 aliphatic rings. The average molecular weight is 267 g/mol. The lowest BCUT2D eigenvalue weighted by atomic mass is 10.3. The number of hydrogen-bond acceptors (Lipinski definition) is 6. The van der Waals surface area contributed by atoms with Crippen molar-refractivity contribution in [3.8, 4) is 0 Å². The van der Waals surface area contributed by atoms with Gasteiger partial charge in [-0.05, 0) is 0 Å². The van der Waals surface area contributed by atoms with Crippen molar-refractivity contribution < 1.29 is 4.79 Å². The van der Waals surface area contributed by atoms with E-state index in [2.05, 4.69) is 25.4 Å². The number of carbonyl (C=O) groups is 1. The molecule has 0 aliphatic carbocycles. The molecule has 0 spiro atoms. The van der Waals surface area contributed by atoms with E-state index in [1.165, 1.54) is 6.33 Å². The lowest BCUT2D eigenvalue weighted by Crippen LogP contribution is -2.10. The lowest BCUT2D eigenvalue weighted by Gasteiger charge is -2.06. The standard InChI is InChI=1S/C10H11ClN6O/c1-17-6-15-8(16-17)2-3-12-10-7(4-18)9(11)13-5-14-10/h4-6H,2-3H2,1H3,(H,12,13,14). The van der Waals surface area contributed by atoms with E-state index in [-0.39, 0.29) is 10.7 Å². The number of nitrogens with zero attached hydrogens (tertiary/aromatic N) is 5. The van der Waals surface area contributed by atoms with Gasteiger partial charge in [0.2, 0.25) is 0 Å². The van der Waals surface area contributed by atoms with E-state index in [9.17, 15) is 4.79 Å². The Morgan fingerprint density at radius 1 is 1.44 bits per heavy atom. The van der Waals surface area contributed by atoms with E-state index < -0.39 is 0 Å². The number of anilines is 1. The highest BCUT2D eigenvalue weighted by atomic mass is 35.5. The van der Waals surface area contributed by atoms with Crippen LogP contribution in [0.5, 0.6) is 0 Å². The molecule has 0 saturated carbocycles. The number of aromatic nitrogens is 5. The minimum atomic E-state index is 0.137. The lowest BCUT2D eigenvalue weighted by molar-refractivity contribution is 0.112. The minimum absolute atomic E-state index is 0.137. The van der Waals surface area contributed by atoms with Crippen molar-refractivity contribution in [1.29, 1.82) is 0 Å². The molecule has 94 valence electrons. The molecule has 2 aromatic heterocycles. The second kappa shape index (κ2) is 5.54. The van der Waals surface area contributed by atoms with E-state index in [1.807, 2.05) is 0 Å². The molecular formula is C10H11ClN6O. The second-order valence-electron chi connectivity index (χ2n) is 3.56. The molecule has 1 N–H and O–H groups in total. The van der Waals surface area contributed by atoms with E-state index in [4.69, 9.17) is 11.6 Å². The number of carbonyl (C=O) groups excluding carboxylic acids is 1. The Bertz CT molecular complexity index is 555. The smallest absolute Gasteiger partial charge is 0.156 e. The quantitative estimate of drug-likeness (QED) is 0.634. The number of hydrogen-bond donors (Lipinski definition) is 1. The molecule has 0 fully saturated rings. The van der Waals surface area contributed by atoms with Crippen molar-refractivity contribution in [2.24, 2.45) is 7.05 Å². The summed E-state index contributed by atoms with van der Waals surface area (Å²) in [6.45, 7) is 0.554. The van der Waals surface area contributed by atoms with Gasteiger partial charge < -0.3 is 5.32 Å². The zero-order chi connectivity index (χ0) is 13.0. The molecule has 0 aromatic carbocycles. The van der Waals surface area contributed by atoms with Crippen molar-refractivity contribution in [2.45, 2.75) is 6.42 Å². The largest absolute Gasteiger partial charge is 0.369 e. The molecule has 0 atom stereocenters. The maximum absolute atomic E-state index is 10.9. The first-order chi connectivity index (χ1) is 8.70. The van der Waals surface area contributed by atoms with E-state index >= 15 is 0 Å². The van der Waals surface area contributed by atoms with Gasteiger partial charge in [-0.2, -0.15) is 5.10 Å². The van der Waals surface area contributed by atoms with Gasteiger partial charge in [0.05, 0.1) is 5.56 Å². The van der Waals surface area contributed by atoms with E-state index in [1.54, 1.807) is 18.1 Å². The van der Waals surface area contributed by atoms with Gasteiger partial charge >= 0.3 is 0 Å². The summed E-state index contributed by atoms with van der Waals surface area (Å²) in [5, 5.41) is 7.28. The Balaban J connectivity index is 1.98. The molecule has 0 saturated heterocycles. The summed E-state index contributed by atoms with van der Waals surface area (Å²) in [4.78, 5) is 22.6. The van der Waals surface area contributed by atoms with Gasteiger partial charge in [-0.25, -0.2) is 15.0 Å². The van der Waals surface area contributed by atoms with Gasteiger partial charge in [-0.1, -0.05) is 11.6 Å². The minimum Gasteiger partial charge on any atom is -0.369 e. The van der Waals surface area contributed by atoms with Crippen molar-refractivity contribution in [2.75, 3.05) is 11.9 Å². The van der Waals surface area contributed by atoms with E-state index in [0.717, 1.165) is 5.82 Å². The van der Waals surface area contributed by atoms with Crippen LogP contribution < -0.4 is 5.32 Å². The first-order valence-electron chi connectivity index (χ1n) is 5.24. The molecule has 0 amide bonds. The van der Waals surface area contributed by atoms with Crippen LogP contribution in [0.15, 0.2) is 12.7 Å². The third-order valence-corrected chi connectivity index (χ3v) is 2.54. The third kappa shape index (κ3) is 2.80. The zero-order valence-corrected chi connectivity index (χ0v) is 10.4. The Hall–Kier alpha value is -2.02. The molecule has 0 unspecified atom stereocenters. The molecule has 7 nitrogen and oxygen atoms in total. The molecule has 2 heterocycles. The first kappa shape index (κ1) is 12.4. The summed E-state index contributed by atoms with van der Waals surface area (Å²) in [6, 6.07) is 0. The Labute approximate surface area is 108 Å². The fourth-order valence-corrected chi connectivity index (χ4v) is 1.59. The van der Waals surface area contributed by atoms with Gasteiger partial charge in [0, 0.05) is 20.0 Å². The molecule has 8 heteroatoms. The van der Waals surface area contributed by atoms with Crippen LogP contribution in [0.2, 0.25) is 5.15 Å². The average Bonchev–Trinajstić information content (AvgIpc) is 2.75. The molecule has 2 rings (SSSR count). The third-order valence-electron chi connectivity index (χ3n) is 2.24. The highest BCUT2D eigenvalue weighted by Gasteiger charge is 2.08. The Morgan fingerprint density at radius 3 is 2.94 bits per heavy atom. The highest BCUT2D eigenvalue weighted by Crippen LogP contribution is 2.16. The van der Waals surface area contributed by atoms with Gasteiger partial charge in [0.1, 0.15) is 23.6 Å². The maximum atomic E-state index is 10.9. The van der Waals surface area contributed by atoms with Crippen LogP contribution in [0.25, 0.3) is 0 Å². The monoisotopic (exact) mass is 266 g/mol. The topological polar surface area (TPSA) is 85.6 Å². The summed E-state index contributed by atoms with van der Waals surface area (Å²) in [7, 11) is 1.80. The zero-order valence-electron chi connectivity index (χ0n) is 9.67. The summed E-state index contributed by atoms with van der Waals surface area (Å²) in [5.41, 5.74) is 0.258. The summed E-state index contributed by atoms with van der Waals surface area (Å²) in [5.74, 6) is 1.14. The number of rotatable bonds is 5. The van der Waals surface area contributed by atoms with Crippen molar-refractivity contribution in [3.63, 3.8) is 0 Å². The number of aryl methyl sites for hydroxylation is 1. The Morgan fingerprint density at radius 2 is 2.28 bits per heavy atom. The van der Waals surface area contributed by atoms with Crippen LogP contribution in [-0.4, -0.2) is 37.6 Å². The van der Waals surface area contributed by atoms with Crippen LogP contribution in [0.1, 0.15) is 16.2 Å². The van der Waals surface area contributed by atoms with Gasteiger partial charge in [-0.15, -0.1) is 0 Å². The Kier molecular flexibility index (Phi) is 3.83. The van der Waals surface area contributed by atoms with Crippen molar-refractivity contribution >= 4 is 23.7 Å². The summed E-state index contributed by atoms with van der Waals surface area (Å²) >= 11 is 5.78. The number of nitrogens with one attached hydrogen (secondary N) is 1. The molecule has 0 aliphatic heterocycles. The summed E-state index contributed by atoms with van der Waals surface area (Å²) in [6.07, 6.45) is 4.19. The van der Waals surface area contributed by atoms with Crippen molar-refractivity contribution in [3.05, 3.63) is 29.2 Å². The molecule has 0 radical (unpaired) electrons. The first-order valence-corrected chi connectivity index (χ1v) is 5.62. The second-order valence-corrected chi connectivity index (χ2v) is 3.91. The predicted molar refractivity (Wildman–Crippen MR) is 65.6 cm³/mol. The van der Waals surface area contributed by atoms with Gasteiger partial charge in [0.15, 0.2) is 12.1 Å². The van der Waals surface area contributed by atoms with Crippen molar-refractivity contribution in [1.82, 2.24) is 24.7 Å². The molecule has 2 aromatic rings. The number of aldehydes is 1. The van der Waals surface area contributed by atoms with Crippen LogP contribution in [-0.2, 0) is 13.5 Å². The van der Waals surface area contributed by atoms with Crippen LogP contribution in [0.4, 0.5) is 5.82 Å². The van der Waals surface area contributed by atoms with Crippen LogP contribution >= 0.6 is 11.6 Å². The SMILES string of the molecule is Cn1cnc(CCNc2ncnc(Cl)c2C=O)n1. The van der Waals surface area contributed by atoms with E-state index in [0.29, 0.717) is 25.1 Å². The predicted octanol–water partition coefficient (Wildman–Crippen LogP) is 0.726. The molecule has 18 heavy (non-hydrogen) atoms.